The van der Waals surface area contributed by atoms with Gasteiger partial charge in [0.1, 0.15) is 11.3 Å². The van der Waals surface area contributed by atoms with Gasteiger partial charge in [-0.05, 0) is 43.0 Å². The first-order valence-electron chi connectivity index (χ1n) is 10.4. The molecule has 4 aromatic rings. The molecule has 31 heavy (non-hydrogen) atoms. The SMILES string of the molecule is Cn1c(-c2cc3ccc4c(c3n2CC2CC2)NCCS4)nc2cc(C(=O)O)cc(F)c21. The number of rotatable bonds is 4. The molecule has 1 saturated carbocycles. The molecule has 158 valence electrons. The molecule has 3 heterocycles. The number of aromatic carboxylic acids is 1. The van der Waals surface area contributed by atoms with E-state index in [-0.39, 0.29) is 5.56 Å². The van der Waals surface area contributed by atoms with E-state index in [4.69, 9.17) is 4.98 Å². The minimum absolute atomic E-state index is 0.0940. The largest absolute Gasteiger partial charge is 0.478 e. The molecule has 0 radical (unpaired) electrons. The maximum Gasteiger partial charge on any atom is 0.335 e. The second-order valence-electron chi connectivity index (χ2n) is 8.36. The van der Waals surface area contributed by atoms with E-state index in [0.717, 1.165) is 36.0 Å². The number of carboxylic acids is 1. The van der Waals surface area contributed by atoms with Crippen LogP contribution in [0.3, 0.4) is 0 Å². The van der Waals surface area contributed by atoms with E-state index in [9.17, 15) is 14.3 Å². The standard InChI is InChI=1S/C23H21FN4O2S/c1-27-21-15(24)8-14(23(29)30)9-16(21)26-22(27)17-10-13-4-5-18-19(25-6-7-31-18)20(13)28(17)11-12-2-3-12/h4-5,8-10,12,25H,2-3,6-7,11H2,1H3,(H,29,30). The summed E-state index contributed by atoms with van der Waals surface area (Å²) in [4.78, 5) is 17.3. The highest BCUT2D eigenvalue weighted by molar-refractivity contribution is 7.99. The number of anilines is 1. The van der Waals surface area contributed by atoms with Crippen LogP contribution < -0.4 is 5.32 Å². The molecule has 0 amide bonds. The smallest absolute Gasteiger partial charge is 0.335 e. The quantitative estimate of drug-likeness (QED) is 0.473. The van der Waals surface area contributed by atoms with Crippen molar-refractivity contribution in [2.75, 3.05) is 17.6 Å². The number of benzene rings is 2. The summed E-state index contributed by atoms with van der Waals surface area (Å²) in [7, 11) is 1.79. The summed E-state index contributed by atoms with van der Waals surface area (Å²) in [6, 6.07) is 8.93. The molecule has 6 rings (SSSR count). The lowest BCUT2D eigenvalue weighted by molar-refractivity contribution is 0.0696. The molecule has 2 N–H and O–H groups in total. The van der Waals surface area contributed by atoms with E-state index >= 15 is 0 Å². The third-order valence-electron chi connectivity index (χ3n) is 6.22. The summed E-state index contributed by atoms with van der Waals surface area (Å²) in [5, 5.41) is 14.0. The molecule has 0 spiro atoms. The summed E-state index contributed by atoms with van der Waals surface area (Å²) >= 11 is 1.86. The van der Waals surface area contributed by atoms with Gasteiger partial charge in [0.25, 0.3) is 0 Å². The number of thioether (sulfide) groups is 1. The highest BCUT2D eigenvalue weighted by Gasteiger charge is 2.28. The van der Waals surface area contributed by atoms with Gasteiger partial charge >= 0.3 is 5.97 Å². The van der Waals surface area contributed by atoms with Gasteiger partial charge in [0, 0.05) is 36.2 Å². The van der Waals surface area contributed by atoms with Crippen molar-refractivity contribution in [3.63, 3.8) is 0 Å². The van der Waals surface area contributed by atoms with E-state index in [0.29, 0.717) is 22.8 Å². The normalized spacial score (nSPS) is 15.9. The molecule has 0 atom stereocenters. The summed E-state index contributed by atoms with van der Waals surface area (Å²) in [5.74, 6) is 0.601. The van der Waals surface area contributed by atoms with Crippen molar-refractivity contribution in [1.29, 1.82) is 0 Å². The van der Waals surface area contributed by atoms with Gasteiger partial charge in [-0.25, -0.2) is 14.2 Å². The molecule has 8 heteroatoms. The number of imidazole rings is 1. The van der Waals surface area contributed by atoms with Crippen molar-refractivity contribution in [1.82, 2.24) is 14.1 Å². The Kier molecular flexibility index (Phi) is 4.08. The van der Waals surface area contributed by atoms with E-state index in [2.05, 4.69) is 28.1 Å². The Hall–Kier alpha value is -3.00. The minimum Gasteiger partial charge on any atom is -0.478 e. The number of aryl methyl sites for hydroxylation is 1. The van der Waals surface area contributed by atoms with Crippen LogP contribution in [0.1, 0.15) is 23.2 Å². The predicted octanol–water partition coefficient (Wildman–Crippen LogP) is 4.96. The summed E-state index contributed by atoms with van der Waals surface area (Å²) in [5.41, 5.74) is 3.85. The Morgan fingerprint density at radius 3 is 2.90 bits per heavy atom. The van der Waals surface area contributed by atoms with Gasteiger partial charge in [-0.15, -0.1) is 11.8 Å². The van der Waals surface area contributed by atoms with Gasteiger partial charge in [-0.3, -0.25) is 0 Å². The highest BCUT2D eigenvalue weighted by atomic mass is 32.2. The van der Waals surface area contributed by atoms with Crippen molar-refractivity contribution in [2.45, 2.75) is 24.3 Å². The summed E-state index contributed by atoms with van der Waals surface area (Å²) in [6.45, 7) is 1.82. The number of fused-ring (bicyclic) bond motifs is 4. The third-order valence-corrected chi connectivity index (χ3v) is 7.28. The summed E-state index contributed by atoms with van der Waals surface area (Å²) in [6.07, 6.45) is 2.44. The number of aromatic nitrogens is 3. The lowest BCUT2D eigenvalue weighted by atomic mass is 10.2. The fourth-order valence-corrected chi connectivity index (χ4v) is 5.45. The maximum absolute atomic E-state index is 14.8. The zero-order valence-electron chi connectivity index (χ0n) is 17.0. The Morgan fingerprint density at radius 1 is 1.29 bits per heavy atom. The molecule has 1 aliphatic heterocycles. The lowest BCUT2D eigenvalue weighted by Crippen LogP contribution is -2.12. The number of nitrogens with one attached hydrogen (secondary N) is 1. The lowest BCUT2D eigenvalue weighted by Gasteiger charge is -2.20. The van der Waals surface area contributed by atoms with Crippen LogP contribution in [0.4, 0.5) is 10.1 Å². The van der Waals surface area contributed by atoms with Gasteiger partial charge in [0.2, 0.25) is 0 Å². The molecule has 0 saturated heterocycles. The van der Waals surface area contributed by atoms with Crippen molar-refractivity contribution >= 4 is 45.4 Å². The topological polar surface area (TPSA) is 72.1 Å². The summed E-state index contributed by atoms with van der Waals surface area (Å²) < 4.78 is 18.9. The van der Waals surface area contributed by atoms with Crippen molar-refractivity contribution in [2.24, 2.45) is 13.0 Å². The van der Waals surface area contributed by atoms with Crippen LogP contribution in [0.15, 0.2) is 35.2 Å². The highest BCUT2D eigenvalue weighted by Crippen LogP contribution is 2.42. The van der Waals surface area contributed by atoms with Crippen LogP contribution in [0.25, 0.3) is 33.5 Å². The third kappa shape index (κ3) is 2.92. The monoisotopic (exact) mass is 436 g/mol. The second kappa shape index (κ2) is 6.75. The first kappa shape index (κ1) is 18.7. The Labute approximate surface area is 182 Å². The molecule has 6 nitrogen and oxygen atoms in total. The van der Waals surface area contributed by atoms with Crippen LogP contribution in [0, 0.1) is 11.7 Å². The molecular formula is C23H21FN4O2S. The van der Waals surface area contributed by atoms with E-state index < -0.39 is 11.8 Å². The van der Waals surface area contributed by atoms with Gasteiger partial charge in [-0.1, -0.05) is 6.07 Å². The predicted molar refractivity (Wildman–Crippen MR) is 121 cm³/mol. The van der Waals surface area contributed by atoms with Crippen molar-refractivity contribution < 1.29 is 14.3 Å². The number of hydrogen-bond donors (Lipinski definition) is 2. The first-order valence-corrected chi connectivity index (χ1v) is 11.4. The van der Waals surface area contributed by atoms with Crippen LogP contribution in [-0.2, 0) is 13.6 Å². The fraction of sp³-hybridized carbons (Fsp3) is 0.304. The molecule has 2 aliphatic rings. The van der Waals surface area contributed by atoms with Gasteiger partial charge in [-0.2, -0.15) is 0 Å². The minimum atomic E-state index is -1.16. The Morgan fingerprint density at radius 2 is 2.13 bits per heavy atom. The zero-order valence-corrected chi connectivity index (χ0v) is 17.8. The van der Waals surface area contributed by atoms with E-state index in [1.807, 2.05) is 11.8 Å². The maximum atomic E-state index is 14.8. The molecule has 1 aliphatic carbocycles. The van der Waals surface area contributed by atoms with Crippen LogP contribution in [0.5, 0.6) is 0 Å². The molecule has 2 aromatic heterocycles. The molecule has 0 unspecified atom stereocenters. The number of hydrogen-bond acceptors (Lipinski definition) is 4. The van der Waals surface area contributed by atoms with Crippen molar-refractivity contribution in [3.8, 4) is 11.5 Å². The van der Waals surface area contributed by atoms with Gasteiger partial charge in [0.05, 0.1) is 28.0 Å². The molecule has 2 aromatic carbocycles. The Balaban J connectivity index is 1.62. The number of nitrogens with zero attached hydrogens (tertiary/aromatic N) is 3. The van der Waals surface area contributed by atoms with Gasteiger partial charge < -0.3 is 19.6 Å². The molecule has 0 bridgehead atoms. The zero-order chi connectivity index (χ0) is 21.3. The van der Waals surface area contributed by atoms with Crippen molar-refractivity contribution in [3.05, 3.63) is 41.7 Å². The van der Waals surface area contributed by atoms with E-state index in [1.165, 1.54) is 35.0 Å². The average molecular weight is 437 g/mol. The number of carboxylic acid groups (broad SMARTS) is 1. The fourth-order valence-electron chi connectivity index (χ4n) is 4.55. The van der Waals surface area contributed by atoms with E-state index in [1.54, 1.807) is 11.6 Å². The second-order valence-corrected chi connectivity index (χ2v) is 9.50. The number of carbonyl (C=O) groups is 1. The molecular weight excluding hydrogens is 415 g/mol. The van der Waals surface area contributed by atoms with Crippen LogP contribution in [0.2, 0.25) is 0 Å². The number of halogens is 1. The van der Waals surface area contributed by atoms with Crippen LogP contribution in [-0.4, -0.2) is 37.5 Å². The average Bonchev–Trinajstić information content (AvgIpc) is 3.41. The van der Waals surface area contributed by atoms with Crippen LogP contribution >= 0.6 is 11.8 Å². The first-order chi connectivity index (χ1) is 15.0. The molecule has 1 fully saturated rings. The Bertz CT molecular complexity index is 1390. The van der Waals surface area contributed by atoms with Gasteiger partial charge in [0.15, 0.2) is 5.82 Å².